The first-order chi connectivity index (χ1) is 9.32. The molecule has 3 nitrogen and oxygen atoms in total. The third kappa shape index (κ3) is 2.34. The number of carboxylic acids is 1. The molecule has 1 aliphatic rings. The van der Waals surface area contributed by atoms with Crippen LogP contribution >= 0.6 is 0 Å². The monoisotopic (exact) mass is 288 g/mol. The first-order valence-electron chi connectivity index (χ1n) is 6.27. The molecule has 0 aromatic heterocycles. The van der Waals surface area contributed by atoms with Gasteiger partial charge in [0.15, 0.2) is 11.6 Å². The molecular weight excluding hydrogens is 273 g/mol. The molecule has 20 heavy (non-hydrogen) atoms. The van der Waals surface area contributed by atoms with Crippen molar-refractivity contribution < 1.29 is 27.8 Å². The maximum atomic E-state index is 13.7. The molecule has 1 aromatic rings. The van der Waals surface area contributed by atoms with Gasteiger partial charge in [0.1, 0.15) is 0 Å². The third-order valence-corrected chi connectivity index (χ3v) is 3.93. The first kappa shape index (κ1) is 14.7. The lowest BCUT2D eigenvalue weighted by Crippen LogP contribution is -2.43. The number of aliphatic carboxylic acids is 1. The highest BCUT2D eigenvalue weighted by Gasteiger charge is 2.50. The van der Waals surface area contributed by atoms with Gasteiger partial charge < -0.3 is 9.84 Å². The molecule has 0 spiro atoms. The Kier molecular flexibility index (Phi) is 3.67. The Morgan fingerprint density at radius 1 is 1.25 bits per heavy atom. The molecule has 0 amide bonds. The Balaban J connectivity index is 2.51. The average Bonchev–Trinajstić information content (AvgIpc) is 2.38. The highest BCUT2D eigenvalue weighted by atomic mass is 19.3. The van der Waals surface area contributed by atoms with E-state index < -0.39 is 36.0 Å². The maximum absolute atomic E-state index is 13.7. The number of carboxylic acid groups (broad SMARTS) is 1. The number of halogens is 3. The minimum absolute atomic E-state index is 0.128. The van der Waals surface area contributed by atoms with Crippen LogP contribution in [-0.2, 0) is 10.2 Å². The van der Waals surface area contributed by atoms with Crippen molar-refractivity contribution in [2.75, 3.05) is 7.11 Å². The number of benzene rings is 1. The van der Waals surface area contributed by atoms with Gasteiger partial charge in [-0.15, -0.1) is 0 Å². The van der Waals surface area contributed by atoms with E-state index in [4.69, 9.17) is 4.74 Å². The summed E-state index contributed by atoms with van der Waals surface area (Å²) in [5.74, 6) is -4.96. The molecule has 1 aliphatic carbocycles. The second kappa shape index (κ2) is 5.00. The summed E-state index contributed by atoms with van der Waals surface area (Å²) in [5.41, 5.74) is -1.39. The number of alkyl halides is 2. The van der Waals surface area contributed by atoms with Gasteiger partial charge in [-0.3, -0.25) is 4.79 Å². The summed E-state index contributed by atoms with van der Waals surface area (Å²) in [6.45, 7) is 0. The van der Waals surface area contributed by atoms with Crippen molar-refractivity contribution in [3.63, 3.8) is 0 Å². The Bertz CT molecular complexity index is 518. The number of ether oxygens (including phenoxy) is 1. The molecule has 0 atom stereocenters. The summed E-state index contributed by atoms with van der Waals surface area (Å²) in [7, 11) is 1.23. The van der Waals surface area contributed by atoms with Crippen LogP contribution in [0.3, 0.4) is 0 Å². The highest BCUT2D eigenvalue weighted by molar-refractivity contribution is 5.82. The van der Waals surface area contributed by atoms with Crippen LogP contribution in [0.25, 0.3) is 0 Å². The molecule has 0 unspecified atom stereocenters. The first-order valence-corrected chi connectivity index (χ1v) is 6.27. The fourth-order valence-electron chi connectivity index (χ4n) is 2.73. The quantitative estimate of drug-likeness (QED) is 0.927. The van der Waals surface area contributed by atoms with Crippen molar-refractivity contribution in [1.29, 1.82) is 0 Å². The minimum Gasteiger partial charge on any atom is -0.493 e. The SMILES string of the molecule is COc1c(F)cccc1C1(C(=O)O)CCC(F)(F)CC1. The van der Waals surface area contributed by atoms with Crippen molar-refractivity contribution in [2.45, 2.75) is 37.0 Å². The largest absolute Gasteiger partial charge is 0.493 e. The van der Waals surface area contributed by atoms with Crippen LogP contribution in [0, 0.1) is 5.82 Å². The molecule has 1 aromatic carbocycles. The smallest absolute Gasteiger partial charge is 0.314 e. The van der Waals surface area contributed by atoms with Crippen LogP contribution in [0.1, 0.15) is 31.2 Å². The van der Waals surface area contributed by atoms with E-state index in [1.165, 1.54) is 19.2 Å². The summed E-state index contributed by atoms with van der Waals surface area (Å²) in [4.78, 5) is 11.6. The van der Waals surface area contributed by atoms with Gasteiger partial charge in [-0.25, -0.2) is 13.2 Å². The number of rotatable bonds is 3. The highest BCUT2D eigenvalue weighted by Crippen LogP contribution is 2.48. The van der Waals surface area contributed by atoms with E-state index in [2.05, 4.69) is 0 Å². The van der Waals surface area contributed by atoms with Gasteiger partial charge >= 0.3 is 5.97 Å². The van der Waals surface area contributed by atoms with Gasteiger partial charge in [-0.2, -0.15) is 0 Å². The van der Waals surface area contributed by atoms with Crippen molar-refractivity contribution in [3.05, 3.63) is 29.6 Å². The zero-order valence-corrected chi connectivity index (χ0v) is 11.0. The van der Waals surface area contributed by atoms with E-state index in [1.807, 2.05) is 0 Å². The molecule has 1 fully saturated rings. The Hall–Kier alpha value is -1.72. The van der Waals surface area contributed by atoms with Gasteiger partial charge in [0.25, 0.3) is 0 Å². The fraction of sp³-hybridized carbons (Fsp3) is 0.500. The molecule has 2 rings (SSSR count). The summed E-state index contributed by atoms with van der Waals surface area (Å²) in [6.07, 6.45) is -1.54. The second-order valence-electron chi connectivity index (χ2n) is 5.06. The number of para-hydroxylation sites is 1. The molecule has 0 heterocycles. The summed E-state index contributed by atoms with van der Waals surface area (Å²) < 4.78 is 45.2. The van der Waals surface area contributed by atoms with E-state index in [9.17, 15) is 23.1 Å². The van der Waals surface area contributed by atoms with Crippen LogP contribution in [-0.4, -0.2) is 24.1 Å². The molecule has 0 bridgehead atoms. The molecule has 1 N–H and O–H groups in total. The van der Waals surface area contributed by atoms with Crippen molar-refractivity contribution in [1.82, 2.24) is 0 Å². The lowest BCUT2D eigenvalue weighted by molar-refractivity contribution is -0.149. The van der Waals surface area contributed by atoms with Crippen molar-refractivity contribution in [3.8, 4) is 5.75 Å². The molecule has 6 heteroatoms. The number of methoxy groups -OCH3 is 1. The van der Waals surface area contributed by atoms with E-state index in [0.717, 1.165) is 6.07 Å². The predicted octanol–water partition coefficient (Wildman–Crippen LogP) is 3.37. The summed E-state index contributed by atoms with van der Waals surface area (Å²) in [6, 6.07) is 3.94. The van der Waals surface area contributed by atoms with E-state index in [1.54, 1.807) is 0 Å². The molecule has 0 aliphatic heterocycles. The van der Waals surface area contributed by atoms with Crippen LogP contribution in [0.4, 0.5) is 13.2 Å². The van der Waals surface area contributed by atoms with E-state index in [-0.39, 0.29) is 24.2 Å². The summed E-state index contributed by atoms with van der Waals surface area (Å²) >= 11 is 0. The van der Waals surface area contributed by atoms with Gasteiger partial charge in [-0.1, -0.05) is 12.1 Å². The van der Waals surface area contributed by atoms with Crippen LogP contribution in [0.2, 0.25) is 0 Å². The second-order valence-corrected chi connectivity index (χ2v) is 5.06. The normalized spacial score (nSPS) is 20.4. The molecular formula is C14H15F3O3. The number of carbonyl (C=O) groups is 1. The van der Waals surface area contributed by atoms with Crippen LogP contribution in [0.15, 0.2) is 18.2 Å². The zero-order valence-electron chi connectivity index (χ0n) is 11.0. The fourth-order valence-corrected chi connectivity index (χ4v) is 2.73. The van der Waals surface area contributed by atoms with Gasteiger partial charge in [0, 0.05) is 18.4 Å². The van der Waals surface area contributed by atoms with E-state index >= 15 is 0 Å². The van der Waals surface area contributed by atoms with Gasteiger partial charge in [-0.05, 0) is 18.9 Å². The van der Waals surface area contributed by atoms with Crippen LogP contribution in [0.5, 0.6) is 5.75 Å². The summed E-state index contributed by atoms with van der Waals surface area (Å²) in [5, 5.41) is 9.50. The van der Waals surface area contributed by atoms with E-state index in [0.29, 0.717) is 0 Å². The Labute approximate surface area is 114 Å². The predicted molar refractivity (Wildman–Crippen MR) is 65.7 cm³/mol. The van der Waals surface area contributed by atoms with Gasteiger partial charge in [0.05, 0.1) is 12.5 Å². The van der Waals surface area contributed by atoms with Crippen molar-refractivity contribution in [2.24, 2.45) is 0 Å². The molecule has 1 saturated carbocycles. The molecule has 0 saturated heterocycles. The minimum atomic E-state index is -2.86. The topological polar surface area (TPSA) is 46.5 Å². The lowest BCUT2D eigenvalue weighted by Gasteiger charge is -2.37. The number of hydrogen-bond donors (Lipinski definition) is 1. The van der Waals surface area contributed by atoms with Crippen LogP contribution < -0.4 is 4.74 Å². The average molecular weight is 288 g/mol. The Morgan fingerprint density at radius 3 is 2.35 bits per heavy atom. The van der Waals surface area contributed by atoms with Crippen molar-refractivity contribution >= 4 is 5.97 Å². The third-order valence-electron chi connectivity index (χ3n) is 3.93. The zero-order chi connectivity index (χ0) is 15.0. The molecule has 0 radical (unpaired) electrons. The standard InChI is InChI=1S/C14H15F3O3/c1-20-11-9(3-2-4-10(11)15)13(12(18)19)5-7-14(16,17)8-6-13/h2-4H,5-8H2,1H3,(H,18,19). The lowest BCUT2D eigenvalue weighted by atomic mass is 9.68. The van der Waals surface area contributed by atoms with Gasteiger partial charge in [0.2, 0.25) is 5.92 Å². The number of hydrogen-bond acceptors (Lipinski definition) is 2. The maximum Gasteiger partial charge on any atom is 0.314 e. The molecule has 110 valence electrons. The Morgan fingerprint density at radius 2 is 1.85 bits per heavy atom.